The molecule has 0 fully saturated rings. The van der Waals surface area contributed by atoms with Crippen LogP contribution in [0.4, 0.5) is 0 Å². The fourth-order valence-corrected chi connectivity index (χ4v) is 4.22. The van der Waals surface area contributed by atoms with Gasteiger partial charge in [0.25, 0.3) is 0 Å². The van der Waals surface area contributed by atoms with Gasteiger partial charge in [-0.05, 0) is 60.4 Å². The Bertz CT molecular complexity index is 1250. The number of aliphatic imine (C=N–C) groups is 2. The van der Waals surface area contributed by atoms with Crippen LogP contribution in [0.1, 0.15) is 39.1 Å². The van der Waals surface area contributed by atoms with E-state index in [-0.39, 0.29) is 0 Å². The van der Waals surface area contributed by atoms with Crippen LogP contribution < -0.4 is 10.7 Å². The molecular weight excluding hydrogens is 344 g/mol. The van der Waals surface area contributed by atoms with Gasteiger partial charge < -0.3 is 9.97 Å². The average molecular weight is 368 g/mol. The van der Waals surface area contributed by atoms with Crippen molar-refractivity contribution < 1.29 is 0 Å². The van der Waals surface area contributed by atoms with E-state index in [1.807, 2.05) is 0 Å². The first-order chi connectivity index (χ1) is 13.5. The summed E-state index contributed by atoms with van der Waals surface area (Å²) in [5.74, 6) is 0.704. The Labute approximate surface area is 164 Å². The van der Waals surface area contributed by atoms with E-state index in [1.165, 1.54) is 11.1 Å². The van der Waals surface area contributed by atoms with Crippen LogP contribution in [0.25, 0.3) is 11.3 Å². The van der Waals surface area contributed by atoms with Crippen molar-refractivity contribution in [3.63, 3.8) is 0 Å². The predicted molar refractivity (Wildman–Crippen MR) is 116 cm³/mol. The number of nitrogens with zero attached hydrogens (tertiary/aromatic N) is 2. The van der Waals surface area contributed by atoms with E-state index in [0.717, 1.165) is 44.9 Å². The Kier molecular flexibility index (Phi) is 3.76. The van der Waals surface area contributed by atoms with E-state index in [0.29, 0.717) is 11.8 Å². The molecule has 0 radical (unpaired) electrons. The first-order valence-corrected chi connectivity index (χ1v) is 9.92. The molecule has 0 unspecified atom stereocenters. The lowest BCUT2D eigenvalue weighted by atomic mass is 9.96. The van der Waals surface area contributed by atoms with Gasteiger partial charge in [0.1, 0.15) is 0 Å². The zero-order chi connectivity index (χ0) is 19.4. The third-order valence-electron chi connectivity index (χ3n) is 5.49. The number of nitrogens with one attached hydrogen (secondary N) is 2. The van der Waals surface area contributed by atoms with E-state index in [1.54, 1.807) is 0 Å². The minimum atomic E-state index is 0.331. The molecule has 140 valence electrons. The van der Waals surface area contributed by atoms with Crippen LogP contribution in [-0.4, -0.2) is 21.4 Å². The first-order valence-electron chi connectivity index (χ1n) is 9.92. The van der Waals surface area contributed by atoms with Crippen molar-refractivity contribution in [3.8, 4) is 0 Å². The van der Waals surface area contributed by atoms with Crippen LogP contribution in [0.3, 0.4) is 0 Å². The second kappa shape index (κ2) is 6.20. The summed E-state index contributed by atoms with van der Waals surface area (Å²) < 4.78 is 0. The summed E-state index contributed by atoms with van der Waals surface area (Å²) in [5, 5.41) is 2.17. The maximum atomic E-state index is 4.94. The summed E-state index contributed by atoms with van der Waals surface area (Å²) in [4.78, 5) is 17.1. The quantitative estimate of drug-likeness (QED) is 0.814. The monoisotopic (exact) mass is 368 g/mol. The van der Waals surface area contributed by atoms with E-state index in [4.69, 9.17) is 9.98 Å². The lowest BCUT2D eigenvalue weighted by Gasteiger charge is -2.12. The molecular formula is C24H24N4. The number of hydrogen-bond acceptors (Lipinski definition) is 2. The van der Waals surface area contributed by atoms with Gasteiger partial charge in [0, 0.05) is 22.2 Å². The molecule has 0 spiro atoms. The van der Waals surface area contributed by atoms with Gasteiger partial charge in [-0.2, -0.15) is 0 Å². The Hall–Kier alpha value is -3.14. The lowest BCUT2D eigenvalue weighted by molar-refractivity contribution is 0.795. The first kappa shape index (κ1) is 17.0. The van der Waals surface area contributed by atoms with Gasteiger partial charge in [0.15, 0.2) is 0 Å². The zero-order valence-corrected chi connectivity index (χ0v) is 16.7. The van der Waals surface area contributed by atoms with Gasteiger partial charge in [-0.25, -0.2) is 9.98 Å². The van der Waals surface area contributed by atoms with Gasteiger partial charge >= 0.3 is 0 Å². The molecule has 0 atom stereocenters. The number of aromatic amines is 2. The summed E-state index contributed by atoms with van der Waals surface area (Å²) in [5.41, 5.74) is 8.57. The van der Waals surface area contributed by atoms with Gasteiger partial charge in [0.05, 0.1) is 33.9 Å². The fourth-order valence-electron chi connectivity index (χ4n) is 4.22. The average Bonchev–Trinajstić information content (AvgIpc) is 3.41. The maximum Gasteiger partial charge on any atom is 0.0872 e. The van der Waals surface area contributed by atoms with Gasteiger partial charge in [-0.1, -0.05) is 27.7 Å². The summed E-state index contributed by atoms with van der Waals surface area (Å²) in [6.07, 6.45) is 8.41. The molecule has 2 aromatic heterocycles. The summed E-state index contributed by atoms with van der Waals surface area (Å²) in [6, 6.07) is 8.57. The van der Waals surface area contributed by atoms with Crippen molar-refractivity contribution in [2.24, 2.45) is 21.8 Å². The van der Waals surface area contributed by atoms with Crippen molar-refractivity contribution >= 4 is 22.7 Å². The normalized spacial score (nSPS) is 17.8. The molecule has 0 amide bonds. The van der Waals surface area contributed by atoms with Crippen molar-refractivity contribution in [1.82, 2.24) is 9.97 Å². The van der Waals surface area contributed by atoms with Gasteiger partial charge in [0.2, 0.25) is 0 Å². The Morgan fingerprint density at radius 2 is 1.25 bits per heavy atom. The second-order valence-electron chi connectivity index (χ2n) is 8.14. The number of hydrogen-bond donors (Lipinski definition) is 2. The zero-order valence-electron chi connectivity index (χ0n) is 16.7. The summed E-state index contributed by atoms with van der Waals surface area (Å²) in [7, 11) is 0. The van der Waals surface area contributed by atoms with Crippen LogP contribution >= 0.6 is 0 Å². The van der Waals surface area contributed by atoms with Crippen LogP contribution in [-0.2, 0) is 0 Å². The number of aromatic nitrogens is 2. The number of H-pyrrole nitrogens is 2. The predicted octanol–water partition coefficient (Wildman–Crippen LogP) is 3.60. The van der Waals surface area contributed by atoms with E-state index >= 15 is 0 Å². The van der Waals surface area contributed by atoms with Crippen LogP contribution in [0.15, 0.2) is 69.8 Å². The maximum absolute atomic E-state index is 4.94. The number of allylic oxidation sites excluding steroid dienone is 4. The molecule has 0 saturated heterocycles. The van der Waals surface area contributed by atoms with Crippen molar-refractivity contribution in [3.05, 3.63) is 81.9 Å². The molecule has 0 aliphatic carbocycles. The summed E-state index contributed by atoms with van der Waals surface area (Å²) in [6.45, 7) is 8.84. The molecule has 5 heterocycles. The van der Waals surface area contributed by atoms with Crippen LogP contribution in [0.5, 0.6) is 0 Å². The van der Waals surface area contributed by atoms with Gasteiger partial charge in [-0.3, -0.25) is 0 Å². The topological polar surface area (TPSA) is 56.3 Å². The van der Waals surface area contributed by atoms with Crippen molar-refractivity contribution in [2.75, 3.05) is 0 Å². The van der Waals surface area contributed by atoms with Crippen LogP contribution in [0, 0.1) is 11.8 Å². The smallest absolute Gasteiger partial charge is 0.0872 e. The molecule has 8 bridgehead atoms. The minimum absolute atomic E-state index is 0.331. The van der Waals surface area contributed by atoms with E-state index < -0.39 is 0 Å². The van der Waals surface area contributed by atoms with E-state index in [2.05, 4.69) is 86.2 Å². The molecule has 0 saturated carbocycles. The molecule has 4 heteroatoms. The molecule has 3 aliphatic heterocycles. The highest BCUT2D eigenvalue weighted by Gasteiger charge is 2.21. The molecule has 28 heavy (non-hydrogen) atoms. The summed E-state index contributed by atoms with van der Waals surface area (Å²) >= 11 is 0. The van der Waals surface area contributed by atoms with Gasteiger partial charge in [-0.15, -0.1) is 0 Å². The second-order valence-corrected chi connectivity index (χ2v) is 8.14. The van der Waals surface area contributed by atoms with Crippen LogP contribution in [0.2, 0.25) is 0 Å². The largest absolute Gasteiger partial charge is 0.353 e. The number of fused-ring (bicyclic) bond motifs is 7. The third kappa shape index (κ3) is 2.60. The number of rotatable bonds is 2. The Morgan fingerprint density at radius 1 is 0.607 bits per heavy atom. The Balaban J connectivity index is 1.88. The molecule has 3 aliphatic rings. The fraction of sp³-hybridized carbons (Fsp3) is 0.250. The van der Waals surface area contributed by atoms with E-state index in [9.17, 15) is 0 Å². The molecule has 4 nitrogen and oxygen atoms in total. The van der Waals surface area contributed by atoms with Crippen molar-refractivity contribution in [1.29, 1.82) is 0 Å². The molecule has 0 aromatic carbocycles. The highest BCUT2D eigenvalue weighted by atomic mass is 14.9. The minimum Gasteiger partial charge on any atom is -0.353 e. The van der Waals surface area contributed by atoms with Crippen molar-refractivity contribution in [2.45, 2.75) is 27.7 Å². The third-order valence-corrected chi connectivity index (χ3v) is 5.49. The standard InChI is InChI=1S/C24H24N4/c1-13(2)23-19-9-5-15(25-19)17-7-11-21(27-17)24(14(3)4)22-12-8-18(28-22)16-6-10-20(23)26-16/h5-14,25-26H,1-4H3. The Morgan fingerprint density at radius 3 is 2.04 bits per heavy atom. The SMILES string of the molecule is CC(C)C1=C2C=CC(=N2)c2ccc([nH]2)C(C(C)C)=c2ccc([nH]2)=C2C=CC1=N2. The molecule has 5 rings (SSSR count). The molecule has 2 aromatic rings. The highest BCUT2D eigenvalue weighted by molar-refractivity contribution is 6.16. The lowest BCUT2D eigenvalue weighted by Crippen LogP contribution is -2.17. The molecule has 2 N–H and O–H groups in total. The highest BCUT2D eigenvalue weighted by Crippen LogP contribution is 2.28.